The van der Waals surface area contributed by atoms with E-state index in [-0.39, 0.29) is 49.3 Å². The van der Waals surface area contributed by atoms with Crippen molar-refractivity contribution in [1.82, 2.24) is 20.3 Å². The number of nitrogens with zero attached hydrogens (tertiary/aromatic N) is 3. The summed E-state index contributed by atoms with van der Waals surface area (Å²) in [5.41, 5.74) is 1.32. The number of amides is 1. The second kappa shape index (κ2) is 15.6. The summed E-state index contributed by atoms with van der Waals surface area (Å²) in [4.78, 5) is 40.7. The number of ether oxygens (including phenoxy) is 4. The van der Waals surface area contributed by atoms with E-state index in [0.29, 0.717) is 22.9 Å². The molecule has 49 heavy (non-hydrogen) atoms. The predicted octanol–water partition coefficient (Wildman–Crippen LogP) is 5.97. The minimum absolute atomic E-state index is 0.0478. The topological polar surface area (TPSA) is 134 Å². The van der Waals surface area contributed by atoms with Crippen molar-refractivity contribution in [1.29, 1.82) is 0 Å². The molecule has 0 spiro atoms. The molecule has 11 nitrogen and oxygen atoms in total. The van der Waals surface area contributed by atoms with Crippen molar-refractivity contribution in [3.8, 4) is 5.75 Å². The number of halogens is 1. The molecule has 12 heteroatoms. The monoisotopic (exact) mass is 692 g/mol. The van der Waals surface area contributed by atoms with E-state index in [0.717, 1.165) is 11.1 Å². The first-order valence-corrected chi connectivity index (χ1v) is 17.0. The summed E-state index contributed by atoms with van der Waals surface area (Å²) in [6.07, 6.45) is 3.63. The van der Waals surface area contributed by atoms with Gasteiger partial charge in [-0.1, -0.05) is 80.1 Å². The quantitative estimate of drug-likeness (QED) is 0.224. The Balaban J connectivity index is 1.44. The van der Waals surface area contributed by atoms with E-state index >= 15 is 0 Å². The maximum Gasteiger partial charge on any atom is 0.347 e. The van der Waals surface area contributed by atoms with Gasteiger partial charge in [-0.05, 0) is 61.9 Å². The number of methoxy groups -OCH3 is 1. The number of carbonyl (C=O) groups excluding carboxylic acids is 3. The van der Waals surface area contributed by atoms with Crippen LogP contribution in [0.4, 0.5) is 0 Å². The fourth-order valence-electron chi connectivity index (χ4n) is 6.00. The lowest BCUT2D eigenvalue weighted by Gasteiger charge is -2.28. The van der Waals surface area contributed by atoms with E-state index in [2.05, 4.69) is 15.6 Å². The number of benzene rings is 2. The highest BCUT2D eigenvalue weighted by Gasteiger charge is 2.48. The molecule has 2 aliphatic heterocycles. The molecule has 262 valence electrons. The lowest BCUT2D eigenvalue weighted by molar-refractivity contribution is -0.179. The smallest absolute Gasteiger partial charge is 0.347 e. The van der Waals surface area contributed by atoms with Crippen molar-refractivity contribution in [2.75, 3.05) is 7.11 Å². The molecular weight excluding hydrogens is 648 g/mol. The van der Waals surface area contributed by atoms with Gasteiger partial charge in [0.15, 0.2) is 6.10 Å². The Bertz CT molecular complexity index is 1660. The highest BCUT2D eigenvalue weighted by atomic mass is 35.5. The van der Waals surface area contributed by atoms with Gasteiger partial charge in [-0.25, -0.2) is 4.79 Å². The third kappa shape index (κ3) is 9.27. The molecule has 2 aromatic carbocycles. The summed E-state index contributed by atoms with van der Waals surface area (Å²) in [5.74, 6) is -1.19. The van der Waals surface area contributed by atoms with Crippen LogP contribution in [0.25, 0.3) is 0 Å². The number of aromatic nitrogens is 3. The Kier molecular flexibility index (Phi) is 11.4. The molecule has 3 aromatic rings. The normalized spacial score (nSPS) is 25.8. The number of nitrogens with one attached hydrogen (secondary N) is 1. The minimum Gasteiger partial charge on any atom is -0.495 e. The van der Waals surface area contributed by atoms with Gasteiger partial charge in [0.2, 0.25) is 5.91 Å². The highest BCUT2D eigenvalue weighted by Crippen LogP contribution is 2.45. The molecule has 2 bridgehead atoms. The van der Waals surface area contributed by atoms with E-state index in [9.17, 15) is 14.4 Å². The van der Waals surface area contributed by atoms with Gasteiger partial charge in [0.25, 0.3) is 0 Å². The Morgan fingerprint density at radius 1 is 1.08 bits per heavy atom. The number of epoxide rings is 1. The molecule has 5 rings (SSSR count). The summed E-state index contributed by atoms with van der Waals surface area (Å²) < 4.78 is 24.9. The van der Waals surface area contributed by atoms with Crippen molar-refractivity contribution in [3.05, 3.63) is 88.7 Å². The Labute approximate surface area is 292 Å². The lowest BCUT2D eigenvalue weighted by atomic mass is 9.93. The third-order valence-electron chi connectivity index (χ3n) is 8.86. The van der Waals surface area contributed by atoms with Gasteiger partial charge in [0.1, 0.15) is 23.7 Å². The van der Waals surface area contributed by atoms with Crippen LogP contribution in [0.15, 0.2) is 66.9 Å². The van der Waals surface area contributed by atoms with Crippen LogP contribution in [0.5, 0.6) is 5.75 Å². The maximum absolute atomic E-state index is 13.7. The van der Waals surface area contributed by atoms with E-state index in [4.69, 9.17) is 30.5 Å². The van der Waals surface area contributed by atoms with E-state index in [1.165, 1.54) is 10.8 Å². The molecule has 1 aromatic heterocycles. The predicted molar refractivity (Wildman–Crippen MR) is 183 cm³/mol. The number of hydrogen-bond donors (Lipinski definition) is 1. The second-order valence-corrected chi connectivity index (χ2v) is 14.3. The SMILES string of the molecule is COc1ccc(C[C@H]2NC(=O)/C=C/C[C@@H]([C@H](C)[C@H]3O[C@@H]3c3ccccc3)OC(=O)[C@H](CC(C)C)OC(=O)C(C)(C)Cn3cc2nn3)cc1Cl. The van der Waals surface area contributed by atoms with Gasteiger partial charge in [0.05, 0.1) is 42.4 Å². The van der Waals surface area contributed by atoms with Crippen LogP contribution in [-0.2, 0) is 41.6 Å². The largest absolute Gasteiger partial charge is 0.495 e. The summed E-state index contributed by atoms with van der Waals surface area (Å²) >= 11 is 6.40. The van der Waals surface area contributed by atoms with Crippen LogP contribution in [0, 0.1) is 17.3 Å². The summed E-state index contributed by atoms with van der Waals surface area (Å²) in [5, 5.41) is 12.1. The second-order valence-electron chi connectivity index (χ2n) is 13.9. The first kappa shape index (κ1) is 36.1. The third-order valence-corrected chi connectivity index (χ3v) is 9.15. The Morgan fingerprint density at radius 2 is 1.84 bits per heavy atom. The Morgan fingerprint density at radius 3 is 2.53 bits per heavy atom. The van der Waals surface area contributed by atoms with Gasteiger partial charge in [-0.3, -0.25) is 14.3 Å². The molecule has 1 fully saturated rings. The molecule has 1 amide bonds. The number of carbonyl (C=O) groups is 3. The van der Waals surface area contributed by atoms with Crippen LogP contribution < -0.4 is 10.1 Å². The van der Waals surface area contributed by atoms with Crippen LogP contribution in [0.2, 0.25) is 5.02 Å². The van der Waals surface area contributed by atoms with Crippen LogP contribution in [-0.4, -0.2) is 58.3 Å². The first-order chi connectivity index (χ1) is 23.3. The average molecular weight is 693 g/mol. The standard InChI is InChI=1S/C37H45ClN4O7/c1-22(2)17-31-35(44)47-29(23(3)33-34(49-33)25-11-8-7-9-12-25)13-10-14-32(43)39-27(19-24-15-16-30(46-6)26(38)18-24)28-20-42(41-40-28)21-37(4,5)36(45)48-31/h7-12,14-16,18,20,22-23,27,29,31,33-34H,13,17,19,21H2,1-6H3,(H,39,43)/b14-10+/t23-,27+,29-,31-,33+,34+/m0/s1. The van der Waals surface area contributed by atoms with E-state index < -0.39 is 35.6 Å². The number of hydrogen-bond acceptors (Lipinski definition) is 9. The molecule has 6 atom stereocenters. The van der Waals surface area contributed by atoms with Gasteiger partial charge in [-0.15, -0.1) is 5.10 Å². The zero-order valence-corrected chi connectivity index (χ0v) is 29.6. The van der Waals surface area contributed by atoms with Gasteiger partial charge in [0, 0.05) is 12.3 Å². The zero-order chi connectivity index (χ0) is 35.3. The lowest BCUT2D eigenvalue weighted by Crippen LogP contribution is -2.40. The summed E-state index contributed by atoms with van der Waals surface area (Å²) in [6.45, 7) is 9.44. The molecule has 0 aliphatic carbocycles. The molecule has 1 N–H and O–H groups in total. The molecule has 0 unspecified atom stereocenters. The van der Waals surface area contributed by atoms with E-state index in [1.54, 1.807) is 45.4 Å². The minimum atomic E-state index is -1.11. The number of cyclic esters (lactones) is 2. The molecule has 3 heterocycles. The molecule has 0 radical (unpaired) electrons. The fourth-order valence-corrected chi connectivity index (χ4v) is 6.28. The number of rotatable bonds is 8. The van der Waals surface area contributed by atoms with Crippen molar-refractivity contribution in [2.45, 2.75) is 90.9 Å². The molecule has 0 saturated carbocycles. The van der Waals surface area contributed by atoms with Crippen molar-refractivity contribution in [3.63, 3.8) is 0 Å². The van der Waals surface area contributed by atoms with Gasteiger partial charge >= 0.3 is 11.9 Å². The first-order valence-electron chi connectivity index (χ1n) is 16.7. The van der Waals surface area contributed by atoms with Crippen LogP contribution >= 0.6 is 11.6 Å². The van der Waals surface area contributed by atoms with Crippen LogP contribution in [0.3, 0.4) is 0 Å². The number of fused-ring (bicyclic) bond motifs is 2. The summed E-state index contributed by atoms with van der Waals surface area (Å²) in [7, 11) is 1.54. The number of esters is 2. The highest BCUT2D eigenvalue weighted by molar-refractivity contribution is 6.32. The van der Waals surface area contributed by atoms with Crippen molar-refractivity contribution < 1.29 is 33.3 Å². The van der Waals surface area contributed by atoms with E-state index in [1.807, 2.05) is 57.2 Å². The zero-order valence-electron chi connectivity index (χ0n) is 28.8. The molecular formula is C37H45ClN4O7. The summed E-state index contributed by atoms with van der Waals surface area (Å²) in [6, 6.07) is 14.7. The average Bonchev–Trinajstić information content (AvgIpc) is 3.73. The Hall–Kier alpha value is -4.22. The van der Waals surface area contributed by atoms with Gasteiger partial charge < -0.3 is 24.3 Å². The van der Waals surface area contributed by atoms with Crippen molar-refractivity contribution in [2.24, 2.45) is 17.3 Å². The fraction of sp³-hybridized carbons (Fsp3) is 0.486. The van der Waals surface area contributed by atoms with Gasteiger partial charge in [-0.2, -0.15) is 0 Å². The molecule has 2 aliphatic rings. The van der Waals surface area contributed by atoms with Crippen LogP contribution in [0.1, 0.15) is 76.4 Å². The van der Waals surface area contributed by atoms with Crippen molar-refractivity contribution >= 4 is 29.4 Å². The maximum atomic E-state index is 13.7. The molecule has 1 saturated heterocycles.